The molecular weight excluding hydrogens is 224 g/mol. The summed E-state index contributed by atoms with van der Waals surface area (Å²) < 4.78 is 0. The van der Waals surface area contributed by atoms with E-state index in [9.17, 15) is 0 Å². The zero-order valence-electron chi connectivity index (χ0n) is 10.6. The highest BCUT2D eigenvalue weighted by Crippen LogP contribution is 2.28. The zero-order chi connectivity index (χ0) is 12.5. The summed E-state index contributed by atoms with van der Waals surface area (Å²) in [7, 11) is 0. The second-order valence-corrected chi connectivity index (χ2v) is 5.90. The molecule has 0 radical (unpaired) electrons. The third kappa shape index (κ3) is 2.92. The van der Waals surface area contributed by atoms with E-state index < -0.39 is 0 Å². The Kier molecular flexibility index (Phi) is 3.30. The third-order valence-electron chi connectivity index (χ3n) is 2.91. The molecule has 2 rings (SSSR count). The SMILES string of the molecule is CC(C)(C)c1cccc(-c2cccc(S)c2)c1. The van der Waals surface area contributed by atoms with Crippen LogP contribution >= 0.6 is 12.6 Å². The first-order valence-corrected chi connectivity index (χ1v) is 6.31. The fraction of sp³-hybridized carbons (Fsp3) is 0.250. The highest BCUT2D eigenvalue weighted by Gasteiger charge is 2.13. The molecule has 2 aromatic carbocycles. The van der Waals surface area contributed by atoms with Gasteiger partial charge in [-0.3, -0.25) is 0 Å². The second kappa shape index (κ2) is 4.58. The summed E-state index contributed by atoms with van der Waals surface area (Å²) >= 11 is 4.39. The van der Waals surface area contributed by atoms with E-state index in [4.69, 9.17) is 0 Å². The first kappa shape index (κ1) is 12.3. The Morgan fingerprint density at radius 1 is 0.824 bits per heavy atom. The summed E-state index contributed by atoms with van der Waals surface area (Å²) in [5, 5.41) is 0. The summed E-state index contributed by atoms with van der Waals surface area (Å²) in [6, 6.07) is 17.0. The van der Waals surface area contributed by atoms with Gasteiger partial charge in [0.25, 0.3) is 0 Å². The normalized spacial score (nSPS) is 11.5. The minimum absolute atomic E-state index is 0.189. The van der Waals surface area contributed by atoms with Gasteiger partial charge in [0.1, 0.15) is 0 Å². The Labute approximate surface area is 109 Å². The molecule has 88 valence electrons. The lowest BCUT2D eigenvalue weighted by Gasteiger charge is -2.19. The van der Waals surface area contributed by atoms with Crippen molar-refractivity contribution in [2.24, 2.45) is 0 Å². The minimum atomic E-state index is 0.189. The summed E-state index contributed by atoms with van der Waals surface area (Å²) in [6.07, 6.45) is 0. The van der Waals surface area contributed by atoms with Crippen molar-refractivity contribution in [1.29, 1.82) is 0 Å². The van der Waals surface area contributed by atoms with Crippen LogP contribution < -0.4 is 0 Å². The molecule has 0 aliphatic heterocycles. The molecule has 0 aliphatic carbocycles. The van der Waals surface area contributed by atoms with Gasteiger partial charge in [-0.2, -0.15) is 0 Å². The Hall–Kier alpha value is -1.21. The van der Waals surface area contributed by atoms with Crippen LogP contribution in [0, 0.1) is 0 Å². The quantitative estimate of drug-likeness (QED) is 0.673. The number of benzene rings is 2. The number of hydrogen-bond donors (Lipinski definition) is 1. The van der Waals surface area contributed by atoms with E-state index in [1.165, 1.54) is 16.7 Å². The van der Waals surface area contributed by atoms with E-state index in [1.54, 1.807) is 0 Å². The van der Waals surface area contributed by atoms with Crippen molar-refractivity contribution >= 4 is 12.6 Å². The van der Waals surface area contributed by atoms with E-state index in [0.29, 0.717) is 0 Å². The van der Waals surface area contributed by atoms with Crippen LogP contribution in [0.15, 0.2) is 53.4 Å². The van der Waals surface area contributed by atoms with Crippen molar-refractivity contribution in [3.05, 3.63) is 54.1 Å². The fourth-order valence-corrected chi connectivity index (χ4v) is 2.08. The van der Waals surface area contributed by atoms with Gasteiger partial charge in [0.2, 0.25) is 0 Å². The fourth-order valence-electron chi connectivity index (χ4n) is 1.85. The molecule has 0 fully saturated rings. The van der Waals surface area contributed by atoms with Crippen molar-refractivity contribution in [3.63, 3.8) is 0 Å². The van der Waals surface area contributed by atoms with Crippen LogP contribution in [0.5, 0.6) is 0 Å². The van der Waals surface area contributed by atoms with Crippen molar-refractivity contribution in [2.45, 2.75) is 31.1 Å². The van der Waals surface area contributed by atoms with Crippen LogP contribution in [-0.4, -0.2) is 0 Å². The first-order valence-electron chi connectivity index (χ1n) is 5.87. The highest BCUT2D eigenvalue weighted by molar-refractivity contribution is 7.80. The van der Waals surface area contributed by atoms with Gasteiger partial charge in [-0.25, -0.2) is 0 Å². The Balaban J connectivity index is 2.47. The average Bonchev–Trinajstić information content (AvgIpc) is 2.28. The molecule has 0 bridgehead atoms. The summed E-state index contributed by atoms with van der Waals surface area (Å²) in [5.41, 5.74) is 4.03. The largest absolute Gasteiger partial charge is 0.143 e. The molecule has 0 heterocycles. The monoisotopic (exact) mass is 242 g/mol. The van der Waals surface area contributed by atoms with Crippen LogP contribution in [0.2, 0.25) is 0 Å². The summed E-state index contributed by atoms with van der Waals surface area (Å²) in [5.74, 6) is 0. The predicted octanol–water partition coefficient (Wildman–Crippen LogP) is 4.94. The maximum Gasteiger partial charge on any atom is 0.00461 e. The molecule has 0 aromatic heterocycles. The van der Waals surface area contributed by atoms with Crippen LogP contribution in [0.3, 0.4) is 0 Å². The molecule has 0 N–H and O–H groups in total. The smallest absolute Gasteiger partial charge is 0.00461 e. The highest BCUT2D eigenvalue weighted by atomic mass is 32.1. The summed E-state index contributed by atoms with van der Waals surface area (Å²) in [4.78, 5) is 1.00. The third-order valence-corrected chi connectivity index (χ3v) is 3.19. The average molecular weight is 242 g/mol. The van der Waals surface area contributed by atoms with E-state index >= 15 is 0 Å². The van der Waals surface area contributed by atoms with Gasteiger partial charge in [-0.15, -0.1) is 12.6 Å². The first-order chi connectivity index (χ1) is 7.97. The molecule has 0 spiro atoms. The maximum absolute atomic E-state index is 4.39. The van der Waals surface area contributed by atoms with Gasteiger partial charge >= 0.3 is 0 Å². The number of rotatable bonds is 1. The molecule has 0 saturated carbocycles. The lowest BCUT2D eigenvalue weighted by molar-refractivity contribution is 0.590. The lowest BCUT2D eigenvalue weighted by atomic mass is 9.85. The van der Waals surface area contributed by atoms with Crippen molar-refractivity contribution < 1.29 is 0 Å². The van der Waals surface area contributed by atoms with Gasteiger partial charge < -0.3 is 0 Å². The van der Waals surface area contributed by atoms with E-state index in [2.05, 4.69) is 69.8 Å². The Morgan fingerprint density at radius 3 is 2.00 bits per heavy atom. The van der Waals surface area contributed by atoms with Crippen LogP contribution in [0.1, 0.15) is 26.3 Å². The zero-order valence-corrected chi connectivity index (χ0v) is 11.5. The Bertz CT molecular complexity index is 521. The summed E-state index contributed by atoms with van der Waals surface area (Å²) in [6.45, 7) is 6.71. The number of hydrogen-bond acceptors (Lipinski definition) is 1. The minimum Gasteiger partial charge on any atom is -0.143 e. The van der Waals surface area contributed by atoms with Crippen molar-refractivity contribution in [2.75, 3.05) is 0 Å². The van der Waals surface area contributed by atoms with E-state index in [1.807, 2.05) is 12.1 Å². The molecule has 0 saturated heterocycles. The van der Waals surface area contributed by atoms with Gasteiger partial charge in [-0.05, 0) is 34.2 Å². The topological polar surface area (TPSA) is 0 Å². The Morgan fingerprint density at radius 2 is 1.41 bits per heavy atom. The molecule has 17 heavy (non-hydrogen) atoms. The maximum atomic E-state index is 4.39. The van der Waals surface area contributed by atoms with E-state index in [0.717, 1.165) is 4.90 Å². The standard InChI is InChI=1S/C16H18S/c1-16(2,3)14-8-4-6-12(10-14)13-7-5-9-15(17)11-13/h4-11,17H,1-3H3. The van der Waals surface area contributed by atoms with Crippen LogP contribution in [0.4, 0.5) is 0 Å². The lowest BCUT2D eigenvalue weighted by Crippen LogP contribution is -2.10. The molecule has 0 atom stereocenters. The van der Waals surface area contributed by atoms with Crippen LogP contribution in [0.25, 0.3) is 11.1 Å². The van der Waals surface area contributed by atoms with Crippen LogP contribution in [-0.2, 0) is 5.41 Å². The van der Waals surface area contributed by atoms with Gasteiger partial charge in [0.15, 0.2) is 0 Å². The second-order valence-electron chi connectivity index (χ2n) is 5.38. The molecular formula is C16H18S. The van der Waals surface area contributed by atoms with Crippen molar-refractivity contribution in [1.82, 2.24) is 0 Å². The molecule has 0 nitrogen and oxygen atoms in total. The molecule has 0 aliphatic rings. The molecule has 0 unspecified atom stereocenters. The van der Waals surface area contributed by atoms with Gasteiger partial charge in [0, 0.05) is 4.90 Å². The molecule has 1 heteroatoms. The number of thiol groups is 1. The van der Waals surface area contributed by atoms with Crippen molar-refractivity contribution in [3.8, 4) is 11.1 Å². The molecule has 2 aromatic rings. The van der Waals surface area contributed by atoms with E-state index in [-0.39, 0.29) is 5.41 Å². The van der Waals surface area contributed by atoms with Gasteiger partial charge in [-0.1, -0.05) is 57.2 Å². The van der Waals surface area contributed by atoms with Gasteiger partial charge in [0.05, 0.1) is 0 Å². The predicted molar refractivity (Wildman–Crippen MR) is 77.8 cm³/mol. The molecule has 0 amide bonds.